The van der Waals surface area contributed by atoms with Crippen molar-refractivity contribution in [2.75, 3.05) is 14.2 Å². The quantitative estimate of drug-likeness (QED) is 0.901. The third-order valence-corrected chi connectivity index (χ3v) is 3.36. The van der Waals surface area contributed by atoms with Gasteiger partial charge in [-0.05, 0) is 17.2 Å². The van der Waals surface area contributed by atoms with E-state index in [0.29, 0.717) is 16.7 Å². The molecule has 1 N–H and O–H groups in total. The number of pyridine rings is 1. The number of hydrogen-bond acceptors (Lipinski definition) is 4. The van der Waals surface area contributed by atoms with Crippen LogP contribution in [0.3, 0.4) is 0 Å². The Bertz CT molecular complexity index is 746. The number of aliphatic carboxylic acids is 1. The Labute approximate surface area is 135 Å². The maximum absolute atomic E-state index is 12.9. The minimum absolute atomic E-state index is 0.291. The van der Waals surface area contributed by atoms with Gasteiger partial charge in [0.15, 0.2) is 11.8 Å². The lowest BCUT2D eigenvalue weighted by atomic mass is 9.96. The van der Waals surface area contributed by atoms with E-state index in [9.17, 15) is 23.1 Å². The number of methoxy groups -OCH3 is 2. The number of halogens is 3. The molecule has 2 rings (SSSR count). The molecule has 1 aromatic carbocycles. The topological polar surface area (TPSA) is 68.7 Å². The number of rotatable bonds is 5. The number of hydrogen-bond donors (Lipinski definition) is 1. The number of alkyl halides is 3. The van der Waals surface area contributed by atoms with Crippen LogP contribution in [0.5, 0.6) is 5.75 Å². The molecule has 0 bridgehead atoms. The van der Waals surface area contributed by atoms with Gasteiger partial charge in [-0.15, -0.1) is 0 Å². The summed E-state index contributed by atoms with van der Waals surface area (Å²) < 4.78 is 48.4. The van der Waals surface area contributed by atoms with Crippen LogP contribution in [0.2, 0.25) is 0 Å². The fraction of sp³-hybridized carbons (Fsp3) is 0.250. The molecule has 8 heteroatoms. The van der Waals surface area contributed by atoms with Crippen LogP contribution in [0.15, 0.2) is 36.5 Å². The molecule has 0 spiro atoms. The van der Waals surface area contributed by atoms with E-state index < -0.39 is 29.7 Å². The van der Waals surface area contributed by atoms with Gasteiger partial charge in [-0.3, -0.25) is 0 Å². The third kappa shape index (κ3) is 3.48. The second-order valence-corrected chi connectivity index (χ2v) is 4.81. The van der Waals surface area contributed by atoms with E-state index in [-0.39, 0.29) is 0 Å². The van der Waals surface area contributed by atoms with E-state index in [0.717, 1.165) is 13.3 Å². The van der Waals surface area contributed by atoms with Crippen molar-refractivity contribution in [3.05, 3.63) is 47.8 Å². The first kappa shape index (κ1) is 17.7. The van der Waals surface area contributed by atoms with Gasteiger partial charge in [-0.2, -0.15) is 13.2 Å². The summed E-state index contributed by atoms with van der Waals surface area (Å²) in [5.41, 5.74) is -0.158. The van der Waals surface area contributed by atoms with Gasteiger partial charge in [0.05, 0.1) is 7.11 Å². The predicted octanol–water partition coefficient (Wildman–Crippen LogP) is 3.55. The highest BCUT2D eigenvalue weighted by Gasteiger charge is 2.36. The van der Waals surface area contributed by atoms with Gasteiger partial charge in [0, 0.05) is 18.9 Å². The lowest BCUT2D eigenvalue weighted by molar-refractivity contribution is -0.148. The average Bonchev–Trinajstić information content (AvgIpc) is 2.54. The van der Waals surface area contributed by atoms with Crippen LogP contribution in [0, 0.1) is 0 Å². The molecule has 0 fully saturated rings. The van der Waals surface area contributed by atoms with Crippen molar-refractivity contribution in [1.82, 2.24) is 4.98 Å². The number of aromatic nitrogens is 1. The largest absolute Gasteiger partial charge is 0.494 e. The van der Waals surface area contributed by atoms with Gasteiger partial charge in [0.1, 0.15) is 5.75 Å². The lowest BCUT2D eigenvalue weighted by Crippen LogP contribution is -2.14. The molecule has 5 nitrogen and oxygen atoms in total. The van der Waals surface area contributed by atoms with E-state index in [1.807, 2.05) is 0 Å². The molecule has 1 heterocycles. The Balaban J connectivity index is 2.60. The van der Waals surface area contributed by atoms with E-state index in [1.165, 1.54) is 19.2 Å². The summed E-state index contributed by atoms with van der Waals surface area (Å²) in [6, 6.07) is 7.53. The number of carbonyl (C=O) groups is 1. The number of ether oxygens (including phenoxy) is 2. The molecule has 1 aromatic heterocycles. The molecule has 0 saturated carbocycles. The maximum atomic E-state index is 12.9. The standard InChI is InChI=1S/C16H14F3NO4/c1-23-12-7-9(8-20-14(12)16(17,18)19)10-5-3-4-6-11(10)13(24-2)15(21)22/h3-8,13H,1-2H3,(H,21,22). The van der Waals surface area contributed by atoms with Crippen molar-refractivity contribution in [2.45, 2.75) is 12.3 Å². The fourth-order valence-corrected chi connectivity index (χ4v) is 2.31. The molecule has 1 unspecified atom stereocenters. The summed E-state index contributed by atoms with van der Waals surface area (Å²) in [5.74, 6) is -1.66. The summed E-state index contributed by atoms with van der Waals surface area (Å²) in [5, 5.41) is 9.24. The number of carboxylic acid groups (broad SMARTS) is 1. The number of nitrogens with zero attached hydrogens (tertiary/aromatic N) is 1. The normalized spacial score (nSPS) is 12.7. The molecule has 0 aliphatic carbocycles. The molecule has 0 radical (unpaired) electrons. The Kier molecular flexibility index (Phi) is 5.08. The first-order valence-electron chi connectivity index (χ1n) is 6.75. The maximum Gasteiger partial charge on any atom is 0.437 e. The lowest BCUT2D eigenvalue weighted by Gasteiger charge is -2.17. The van der Waals surface area contributed by atoms with Crippen molar-refractivity contribution in [1.29, 1.82) is 0 Å². The summed E-state index contributed by atoms with van der Waals surface area (Å²) in [6.07, 6.45) is -4.88. The van der Waals surface area contributed by atoms with Crippen molar-refractivity contribution in [3.8, 4) is 16.9 Å². The molecule has 0 aliphatic heterocycles. The summed E-state index contributed by atoms with van der Waals surface area (Å²) in [7, 11) is 2.35. The second kappa shape index (κ2) is 6.88. The minimum atomic E-state index is -4.65. The molecular weight excluding hydrogens is 327 g/mol. The van der Waals surface area contributed by atoms with Crippen LogP contribution in [-0.4, -0.2) is 30.3 Å². The number of carboxylic acids is 1. The van der Waals surface area contributed by atoms with Gasteiger partial charge < -0.3 is 14.6 Å². The van der Waals surface area contributed by atoms with Gasteiger partial charge in [0.2, 0.25) is 0 Å². The van der Waals surface area contributed by atoms with E-state index >= 15 is 0 Å². The summed E-state index contributed by atoms with van der Waals surface area (Å²) in [4.78, 5) is 14.7. The van der Waals surface area contributed by atoms with Crippen molar-refractivity contribution in [2.24, 2.45) is 0 Å². The summed E-state index contributed by atoms with van der Waals surface area (Å²) >= 11 is 0. The zero-order chi connectivity index (χ0) is 17.9. The van der Waals surface area contributed by atoms with Crippen molar-refractivity contribution in [3.63, 3.8) is 0 Å². The molecule has 128 valence electrons. The second-order valence-electron chi connectivity index (χ2n) is 4.81. The molecule has 1 atom stereocenters. The molecule has 0 amide bonds. The monoisotopic (exact) mass is 341 g/mol. The number of benzene rings is 1. The van der Waals surface area contributed by atoms with Gasteiger partial charge in [0.25, 0.3) is 0 Å². The van der Waals surface area contributed by atoms with E-state index in [2.05, 4.69) is 4.98 Å². The molecule has 24 heavy (non-hydrogen) atoms. The van der Waals surface area contributed by atoms with Crippen LogP contribution in [-0.2, 0) is 15.7 Å². The molecule has 0 aliphatic rings. The van der Waals surface area contributed by atoms with Gasteiger partial charge in [-0.1, -0.05) is 24.3 Å². The fourth-order valence-electron chi connectivity index (χ4n) is 2.31. The third-order valence-electron chi connectivity index (χ3n) is 3.36. The van der Waals surface area contributed by atoms with Crippen LogP contribution >= 0.6 is 0 Å². The van der Waals surface area contributed by atoms with Gasteiger partial charge in [-0.25, -0.2) is 9.78 Å². The highest BCUT2D eigenvalue weighted by molar-refractivity contribution is 5.80. The highest BCUT2D eigenvalue weighted by Crippen LogP contribution is 2.38. The zero-order valence-corrected chi connectivity index (χ0v) is 12.8. The van der Waals surface area contributed by atoms with Crippen LogP contribution < -0.4 is 4.74 Å². The average molecular weight is 341 g/mol. The first-order chi connectivity index (χ1) is 11.3. The smallest absolute Gasteiger partial charge is 0.437 e. The molecular formula is C16H14F3NO4. The van der Waals surface area contributed by atoms with E-state index in [4.69, 9.17) is 9.47 Å². The zero-order valence-electron chi connectivity index (χ0n) is 12.8. The van der Waals surface area contributed by atoms with E-state index in [1.54, 1.807) is 18.2 Å². The van der Waals surface area contributed by atoms with Crippen LogP contribution in [0.4, 0.5) is 13.2 Å². The Morgan fingerprint density at radius 2 is 1.92 bits per heavy atom. The Morgan fingerprint density at radius 3 is 2.46 bits per heavy atom. The molecule has 2 aromatic rings. The Morgan fingerprint density at radius 1 is 1.25 bits per heavy atom. The SMILES string of the molecule is COc1cc(-c2ccccc2C(OC)C(=O)O)cnc1C(F)(F)F. The molecule has 0 saturated heterocycles. The highest BCUT2D eigenvalue weighted by atomic mass is 19.4. The predicted molar refractivity (Wildman–Crippen MR) is 78.6 cm³/mol. The summed E-state index contributed by atoms with van der Waals surface area (Å²) in [6.45, 7) is 0. The minimum Gasteiger partial charge on any atom is -0.494 e. The van der Waals surface area contributed by atoms with Gasteiger partial charge >= 0.3 is 12.1 Å². The van der Waals surface area contributed by atoms with Crippen molar-refractivity contribution < 1.29 is 32.5 Å². The van der Waals surface area contributed by atoms with Crippen molar-refractivity contribution >= 4 is 5.97 Å². The van der Waals surface area contributed by atoms with Crippen LogP contribution in [0.25, 0.3) is 11.1 Å². The first-order valence-corrected chi connectivity index (χ1v) is 6.75. The Hall–Kier alpha value is -2.61. The van der Waals surface area contributed by atoms with Crippen LogP contribution in [0.1, 0.15) is 17.4 Å².